The molecule has 1 saturated carbocycles. The van der Waals surface area contributed by atoms with Gasteiger partial charge in [-0.15, -0.1) is 0 Å². The third-order valence-electron chi connectivity index (χ3n) is 4.17. The van der Waals surface area contributed by atoms with E-state index in [-0.39, 0.29) is 0 Å². The fraction of sp³-hybridized carbons (Fsp3) is 1.00. The number of nitrogens with one attached hydrogen (secondary N) is 1. The highest BCUT2D eigenvalue weighted by Gasteiger charge is 2.28. The summed E-state index contributed by atoms with van der Waals surface area (Å²) in [6.07, 6.45) is 6.88. The second-order valence-corrected chi connectivity index (χ2v) is 7.18. The number of hydrogen-bond acceptors (Lipinski definition) is 3. The molecule has 2 aliphatic rings. The summed E-state index contributed by atoms with van der Waals surface area (Å²) in [5.74, 6) is 1.34. The molecule has 1 atom stereocenters. The molecule has 100 valence electrons. The second-order valence-electron chi connectivity index (χ2n) is 5.64. The van der Waals surface area contributed by atoms with Crippen LogP contribution in [0.3, 0.4) is 0 Å². The van der Waals surface area contributed by atoms with Gasteiger partial charge in [-0.3, -0.25) is 4.90 Å². The first-order chi connectivity index (χ1) is 8.29. The monoisotopic (exact) mass is 256 g/mol. The van der Waals surface area contributed by atoms with Gasteiger partial charge in [0.2, 0.25) is 0 Å². The van der Waals surface area contributed by atoms with Crippen molar-refractivity contribution >= 4 is 11.8 Å². The molecule has 0 amide bonds. The highest BCUT2D eigenvalue weighted by Crippen LogP contribution is 2.27. The quantitative estimate of drug-likeness (QED) is 0.832. The molecule has 1 aliphatic carbocycles. The van der Waals surface area contributed by atoms with E-state index < -0.39 is 0 Å². The van der Waals surface area contributed by atoms with Crippen LogP contribution in [0.1, 0.15) is 46.0 Å². The molecule has 17 heavy (non-hydrogen) atoms. The van der Waals surface area contributed by atoms with Gasteiger partial charge in [-0.1, -0.05) is 13.8 Å². The maximum atomic E-state index is 3.68. The zero-order valence-electron chi connectivity index (χ0n) is 11.5. The minimum atomic E-state index is 0.808. The molecule has 0 bridgehead atoms. The molecule has 3 heteroatoms. The minimum absolute atomic E-state index is 0.808. The Morgan fingerprint density at radius 2 is 2.00 bits per heavy atom. The summed E-state index contributed by atoms with van der Waals surface area (Å²) in [7, 11) is 0. The predicted octanol–water partition coefficient (Wildman–Crippen LogP) is 2.73. The Balaban J connectivity index is 1.71. The molecule has 0 radical (unpaired) electrons. The van der Waals surface area contributed by atoms with Crippen LogP contribution in [0.4, 0.5) is 0 Å². The Bertz CT molecular complexity index is 214. The van der Waals surface area contributed by atoms with Gasteiger partial charge in [0.05, 0.1) is 0 Å². The fourth-order valence-electron chi connectivity index (χ4n) is 3.17. The number of nitrogens with zero attached hydrogens (tertiary/aromatic N) is 1. The van der Waals surface area contributed by atoms with E-state index in [1.165, 1.54) is 57.5 Å². The van der Waals surface area contributed by atoms with Crippen LogP contribution in [0.25, 0.3) is 0 Å². The maximum absolute atomic E-state index is 3.68. The Morgan fingerprint density at radius 1 is 1.24 bits per heavy atom. The second kappa shape index (κ2) is 7.01. The smallest absolute Gasteiger partial charge is 0.0147 e. The standard InChI is InChI=1S/C14H28N2S/c1-3-8-15-13-4-6-14(7-5-13)16-9-10-17-12(2)11-16/h12-15H,3-11H2,1-2H3. The van der Waals surface area contributed by atoms with Crippen LogP contribution in [-0.4, -0.2) is 47.6 Å². The van der Waals surface area contributed by atoms with Gasteiger partial charge in [-0.2, -0.15) is 11.8 Å². The fourth-order valence-corrected chi connectivity index (χ4v) is 4.21. The van der Waals surface area contributed by atoms with Crippen molar-refractivity contribution in [3.05, 3.63) is 0 Å². The van der Waals surface area contributed by atoms with Gasteiger partial charge >= 0.3 is 0 Å². The normalized spacial score (nSPS) is 36.0. The van der Waals surface area contributed by atoms with Crippen LogP contribution in [-0.2, 0) is 0 Å². The highest BCUT2D eigenvalue weighted by molar-refractivity contribution is 7.99. The summed E-state index contributed by atoms with van der Waals surface area (Å²) in [5.41, 5.74) is 0. The molecule has 2 rings (SSSR count). The van der Waals surface area contributed by atoms with E-state index in [1.54, 1.807) is 0 Å². The average molecular weight is 256 g/mol. The van der Waals surface area contributed by atoms with E-state index in [9.17, 15) is 0 Å². The van der Waals surface area contributed by atoms with Gasteiger partial charge in [0.15, 0.2) is 0 Å². The number of thioether (sulfide) groups is 1. The lowest BCUT2D eigenvalue weighted by atomic mass is 9.90. The molecule has 0 spiro atoms. The van der Waals surface area contributed by atoms with E-state index in [1.807, 2.05) is 0 Å². The van der Waals surface area contributed by atoms with Crippen molar-refractivity contribution in [1.82, 2.24) is 10.2 Å². The van der Waals surface area contributed by atoms with Crippen LogP contribution in [0, 0.1) is 0 Å². The van der Waals surface area contributed by atoms with Gasteiger partial charge in [-0.05, 0) is 38.6 Å². The molecule has 2 fully saturated rings. The van der Waals surface area contributed by atoms with Crippen LogP contribution in [0.2, 0.25) is 0 Å². The van der Waals surface area contributed by atoms with Crippen molar-refractivity contribution in [3.8, 4) is 0 Å². The Morgan fingerprint density at radius 3 is 2.65 bits per heavy atom. The van der Waals surface area contributed by atoms with Gasteiger partial charge in [0.25, 0.3) is 0 Å². The molecule has 0 aromatic carbocycles. The third kappa shape index (κ3) is 4.15. The summed E-state index contributed by atoms with van der Waals surface area (Å²) in [5, 5.41) is 4.53. The van der Waals surface area contributed by atoms with Crippen LogP contribution >= 0.6 is 11.8 Å². The topological polar surface area (TPSA) is 15.3 Å². The summed E-state index contributed by atoms with van der Waals surface area (Å²) >= 11 is 2.14. The van der Waals surface area contributed by atoms with Gasteiger partial charge in [0.1, 0.15) is 0 Å². The van der Waals surface area contributed by atoms with Crippen molar-refractivity contribution in [2.75, 3.05) is 25.4 Å². The molecule has 2 nitrogen and oxygen atoms in total. The van der Waals surface area contributed by atoms with Crippen LogP contribution in [0.5, 0.6) is 0 Å². The summed E-state index contributed by atoms with van der Waals surface area (Å²) in [6, 6.07) is 1.70. The van der Waals surface area contributed by atoms with Crippen LogP contribution in [0.15, 0.2) is 0 Å². The average Bonchev–Trinajstić information content (AvgIpc) is 2.37. The first kappa shape index (κ1) is 13.7. The number of rotatable bonds is 4. The van der Waals surface area contributed by atoms with E-state index in [0.29, 0.717) is 0 Å². The first-order valence-electron chi connectivity index (χ1n) is 7.38. The molecular weight excluding hydrogens is 228 g/mol. The van der Waals surface area contributed by atoms with Crippen molar-refractivity contribution in [3.63, 3.8) is 0 Å². The molecule has 1 aliphatic heterocycles. The van der Waals surface area contributed by atoms with Crippen molar-refractivity contribution < 1.29 is 0 Å². The molecule has 1 N–H and O–H groups in total. The minimum Gasteiger partial charge on any atom is -0.314 e. The van der Waals surface area contributed by atoms with E-state index in [2.05, 4.69) is 35.8 Å². The number of hydrogen-bond donors (Lipinski definition) is 1. The maximum Gasteiger partial charge on any atom is 0.0147 e. The highest BCUT2D eigenvalue weighted by atomic mass is 32.2. The Hall–Kier alpha value is 0.270. The predicted molar refractivity (Wildman–Crippen MR) is 77.8 cm³/mol. The van der Waals surface area contributed by atoms with Crippen molar-refractivity contribution in [1.29, 1.82) is 0 Å². The van der Waals surface area contributed by atoms with Crippen molar-refractivity contribution in [2.24, 2.45) is 0 Å². The first-order valence-corrected chi connectivity index (χ1v) is 8.43. The summed E-state index contributed by atoms with van der Waals surface area (Å²) in [6.45, 7) is 8.48. The zero-order valence-corrected chi connectivity index (χ0v) is 12.3. The van der Waals surface area contributed by atoms with E-state index in [4.69, 9.17) is 0 Å². The van der Waals surface area contributed by atoms with Gasteiger partial charge in [-0.25, -0.2) is 0 Å². The molecule has 0 aromatic heterocycles. The van der Waals surface area contributed by atoms with E-state index >= 15 is 0 Å². The van der Waals surface area contributed by atoms with E-state index in [0.717, 1.165) is 17.3 Å². The molecular formula is C14H28N2S. The lowest BCUT2D eigenvalue weighted by Crippen LogP contribution is -2.47. The lowest BCUT2D eigenvalue weighted by molar-refractivity contribution is 0.149. The SMILES string of the molecule is CCCNC1CCC(N2CCSC(C)C2)CC1. The molecule has 1 unspecified atom stereocenters. The Kier molecular flexibility index (Phi) is 5.64. The van der Waals surface area contributed by atoms with Crippen molar-refractivity contribution in [2.45, 2.75) is 63.3 Å². The van der Waals surface area contributed by atoms with Crippen LogP contribution < -0.4 is 5.32 Å². The molecule has 1 saturated heterocycles. The third-order valence-corrected chi connectivity index (χ3v) is 5.30. The summed E-state index contributed by atoms with van der Waals surface area (Å²) < 4.78 is 0. The zero-order chi connectivity index (χ0) is 12.1. The molecule has 0 aromatic rings. The Labute approximate surface area is 111 Å². The summed E-state index contributed by atoms with van der Waals surface area (Å²) in [4.78, 5) is 2.76. The van der Waals surface area contributed by atoms with Gasteiger partial charge < -0.3 is 5.32 Å². The molecule has 1 heterocycles. The largest absolute Gasteiger partial charge is 0.314 e. The lowest BCUT2D eigenvalue weighted by Gasteiger charge is -2.40. The van der Waals surface area contributed by atoms with Gasteiger partial charge in [0, 0.05) is 36.2 Å².